The van der Waals surface area contributed by atoms with Crippen LogP contribution in [0, 0.1) is 6.92 Å². The highest BCUT2D eigenvalue weighted by Crippen LogP contribution is 2.36. The zero-order valence-electron chi connectivity index (χ0n) is 13.7. The second kappa shape index (κ2) is 6.84. The predicted molar refractivity (Wildman–Crippen MR) is 91.8 cm³/mol. The molecule has 3 rings (SSSR count). The van der Waals surface area contributed by atoms with Crippen LogP contribution in [0.4, 0.5) is 14.4 Å². The molecular formula is C18H18FNO4S. The summed E-state index contributed by atoms with van der Waals surface area (Å²) in [4.78, 5) is 13.5. The Morgan fingerprint density at radius 3 is 2.60 bits per heavy atom. The molecule has 0 aromatic heterocycles. The van der Waals surface area contributed by atoms with Crippen molar-refractivity contribution in [3.05, 3.63) is 59.2 Å². The van der Waals surface area contributed by atoms with Crippen LogP contribution in [0.15, 0.2) is 47.4 Å². The van der Waals surface area contributed by atoms with Crippen molar-refractivity contribution in [1.29, 1.82) is 0 Å². The van der Waals surface area contributed by atoms with Gasteiger partial charge in [0.15, 0.2) is 0 Å². The molecule has 0 radical (unpaired) electrons. The monoisotopic (exact) mass is 363 g/mol. The number of anilines is 1. The third kappa shape index (κ3) is 3.66. The zero-order chi connectivity index (χ0) is 18.0. The van der Waals surface area contributed by atoms with E-state index in [-0.39, 0.29) is 11.5 Å². The Hall–Kier alpha value is -2.41. The fourth-order valence-corrected chi connectivity index (χ4v) is 3.81. The molecule has 25 heavy (non-hydrogen) atoms. The zero-order valence-corrected chi connectivity index (χ0v) is 14.6. The van der Waals surface area contributed by atoms with Gasteiger partial charge in [0.2, 0.25) is 0 Å². The fourth-order valence-electron chi connectivity index (χ4n) is 3.09. The summed E-state index contributed by atoms with van der Waals surface area (Å²) in [7, 11) is -4.84. The van der Waals surface area contributed by atoms with Crippen LogP contribution < -0.4 is 4.90 Å². The van der Waals surface area contributed by atoms with Gasteiger partial charge in [-0.2, -0.15) is 8.42 Å². The van der Waals surface area contributed by atoms with Crippen LogP contribution in [-0.2, 0) is 28.0 Å². The van der Waals surface area contributed by atoms with Crippen molar-refractivity contribution in [2.75, 3.05) is 11.4 Å². The van der Waals surface area contributed by atoms with Gasteiger partial charge >= 0.3 is 16.3 Å². The number of aryl methyl sites for hydroxylation is 1. The number of halogens is 1. The van der Waals surface area contributed by atoms with Gasteiger partial charge in [-0.05, 0) is 42.5 Å². The van der Waals surface area contributed by atoms with Gasteiger partial charge in [-0.3, -0.25) is 4.90 Å². The lowest BCUT2D eigenvalue weighted by Crippen LogP contribution is -2.37. The number of amides is 1. The normalized spacial score (nSPS) is 14.1. The Balaban J connectivity index is 1.89. The van der Waals surface area contributed by atoms with Crippen molar-refractivity contribution in [1.82, 2.24) is 0 Å². The summed E-state index contributed by atoms with van der Waals surface area (Å²) < 4.78 is 41.7. The number of fused-ring (bicyclic) bond motifs is 1. The molecule has 0 atom stereocenters. The van der Waals surface area contributed by atoms with Crippen molar-refractivity contribution in [2.24, 2.45) is 0 Å². The first-order chi connectivity index (χ1) is 11.9. The second-order valence-electron chi connectivity index (χ2n) is 5.94. The molecule has 1 aliphatic rings. The van der Waals surface area contributed by atoms with E-state index in [1.807, 2.05) is 30.3 Å². The lowest BCUT2D eigenvalue weighted by molar-refractivity contribution is 0.146. The van der Waals surface area contributed by atoms with E-state index in [2.05, 4.69) is 0 Å². The first-order valence-corrected chi connectivity index (χ1v) is 9.31. The highest BCUT2D eigenvalue weighted by molar-refractivity contribution is 7.86. The molecule has 0 N–H and O–H groups in total. The third-order valence-corrected chi connectivity index (χ3v) is 5.12. The van der Waals surface area contributed by atoms with Crippen molar-refractivity contribution < 1.29 is 21.8 Å². The summed E-state index contributed by atoms with van der Waals surface area (Å²) in [5.74, 6) is 0. The van der Waals surface area contributed by atoms with Gasteiger partial charge in [-0.25, -0.2) is 4.79 Å². The summed E-state index contributed by atoms with van der Waals surface area (Å²) >= 11 is 0. The van der Waals surface area contributed by atoms with Gasteiger partial charge in [0.1, 0.15) is 11.5 Å². The minimum Gasteiger partial charge on any atom is -0.444 e. The van der Waals surface area contributed by atoms with Crippen molar-refractivity contribution >= 4 is 22.0 Å². The average molecular weight is 363 g/mol. The quantitative estimate of drug-likeness (QED) is 0.779. The Kier molecular flexibility index (Phi) is 4.76. The van der Waals surface area contributed by atoms with E-state index in [0.29, 0.717) is 36.2 Å². The van der Waals surface area contributed by atoms with E-state index < -0.39 is 16.3 Å². The van der Waals surface area contributed by atoms with Crippen LogP contribution in [-0.4, -0.2) is 21.1 Å². The molecule has 1 amide bonds. The smallest absolute Gasteiger partial charge is 0.414 e. The van der Waals surface area contributed by atoms with Gasteiger partial charge < -0.3 is 4.74 Å². The number of nitrogens with zero attached hydrogens (tertiary/aromatic N) is 1. The summed E-state index contributed by atoms with van der Waals surface area (Å²) in [5.41, 5.74) is 2.33. The van der Waals surface area contributed by atoms with Crippen LogP contribution in [0.1, 0.15) is 23.1 Å². The maximum atomic E-state index is 13.6. The molecule has 0 aliphatic carbocycles. The first kappa shape index (κ1) is 17.4. The number of ether oxygens (including phenoxy) is 1. The van der Waals surface area contributed by atoms with Crippen LogP contribution in [0.2, 0.25) is 0 Å². The summed E-state index contributed by atoms with van der Waals surface area (Å²) in [5, 5.41) is 0. The highest BCUT2D eigenvalue weighted by atomic mass is 32.3. The summed E-state index contributed by atoms with van der Waals surface area (Å²) in [6, 6.07) is 12.0. The summed E-state index contributed by atoms with van der Waals surface area (Å²) in [6.07, 6.45) is 0.374. The Bertz CT molecular complexity index is 897. The SMILES string of the molecule is Cc1ccc(S(=O)(=O)F)c2c1N(C(=O)OCc1ccccc1)CCC2. The molecule has 5 nitrogen and oxygen atoms in total. The van der Waals surface area contributed by atoms with Gasteiger partial charge in [0, 0.05) is 6.54 Å². The molecule has 0 fully saturated rings. The van der Waals surface area contributed by atoms with E-state index in [1.54, 1.807) is 6.92 Å². The molecule has 1 aliphatic heterocycles. The van der Waals surface area contributed by atoms with Gasteiger partial charge in [0.25, 0.3) is 0 Å². The second-order valence-corrected chi connectivity index (χ2v) is 7.26. The van der Waals surface area contributed by atoms with E-state index in [9.17, 15) is 17.1 Å². The average Bonchev–Trinajstić information content (AvgIpc) is 2.59. The minimum absolute atomic E-state index is 0.117. The van der Waals surface area contributed by atoms with Gasteiger partial charge in [-0.1, -0.05) is 36.4 Å². The van der Waals surface area contributed by atoms with Crippen molar-refractivity contribution in [3.63, 3.8) is 0 Å². The topological polar surface area (TPSA) is 63.7 Å². The van der Waals surface area contributed by atoms with Gasteiger partial charge in [0.05, 0.1) is 5.69 Å². The molecule has 0 spiro atoms. The van der Waals surface area contributed by atoms with Crippen molar-refractivity contribution in [2.45, 2.75) is 31.3 Å². The molecule has 2 aromatic rings. The van der Waals surface area contributed by atoms with Crippen LogP contribution in [0.3, 0.4) is 0 Å². The van der Waals surface area contributed by atoms with E-state index in [1.165, 1.54) is 17.0 Å². The molecule has 0 saturated carbocycles. The standard InChI is InChI=1S/C18H18FNO4S/c1-13-9-10-16(25(19,22)23)15-8-5-11-20(17(13)15)18(21)24-12-14-6-3-2-4-7-14/h2-4,6-7,9-10H,5,8,11-12H2,1H3. The number of carbonyl (C=O) groups excluding carboxylic acids is 1. The lowest BCUT2D eigenvalue weighted by Gasteiger charge is -2.31. The molecule has 7 heteroatoms. The lowest BCUT2D eigenvalue weighted by atomic mass is 9.98. The van der Waals surface area contributed by atoms with Crippen molar-refractivity contribution in [3.8, 4) is 0 Å². The molecule has 0 unspecified atom stereocenters. The van der Waals surface area contributed by atoms with E-state index in [0.717, 1.165) is 5.56 Å². The van der Waals surface area contributed by atoms with Crippen LogP contribution >= 0.6 is 0 Å². The number of rotatable bonds is 3. The molecular weight excluding hydrogens is 345 g/mol. The Morgan fingerprint density at radius 2 is 1.92 bits per heavy atom. The third-order valence-electron chi connectivity index (χ3n) is 4.21. The van der Waals surface area contributed by atoms with E-state index in [4.69, 9.17) is 4.74 Å². The largest absolute Gasteiger partial charge is 0.444 e. The first-order valence-electron chi connectivity index (χ1n) is 7.93. The number of benzene rings is 2. The minimum atomic E-state index is -4.84. The summed E-state index contributed by atoms with van der Waals surface area (Å²) in [6.45, 7) is 2.28. The fraction of sp³-hybridized carbons (Fsp3) is 0.278. The molecule has 1 heterocycles. The maximum absolute atomic E-state index is 13.6. The molecule has 132 valence electrons. The van der Waals surface area contributed by atoms with Gasteiger partial charge in [-0.15, -0.1) is 3.89 Å². The number of hydrogen-bond acceptors (Lipinski definition) is 4. The number of carbonyl (C=O) groups is 1. The molecule has 0 saturated heterocycles. The Labute approximate surface area is 146 Å². The van der Waals surface area contributed by atoms with Crippen LogP contribution in [0.25, 0.3) is 0 Å². The highest BCUT2D eigenvalue weighted by Gasteiger charge is 2.30. The predicted octanol–water partition coefficient (Wildman–Crippen LogP) is 3.74. The molecule has 2 aromatic carbocycles. The molecule has 0 bridgehead atoms. The number of hydrogen-bond donors (Lipinski definition) is 0. The Morgan fingerprint density at radius 1 is 1.20 bits per heavy atom. The van der Waals surface area contributed by atoms with Crippen LogP contribution in [0.5, 0.6) is 0 Å². The maximum Gasteiger partial charge on any atom is 0.414 e. The van der Waals surface area contributed by atoms with E-state index >= 15 is 0 Å².